The lowest BCUT2D eigenvalue weighted by Gasteiger charge is -2.33. The van der Waals surface area contributed by atoms with E-state index in [2.05, 4.69) is 25.2 Å². The molecule has 5 rings (SSSR count). The molecule has 13 heteroatoms. The summed E-state index contributed by atoms with van der Waals surface area (Å²) in [4.78, 5) is 22.0. The molecule has 0 saturated carbocycles. The molecule has 0 bridgehead atoms. The van der Waals surface area contributed by atoms with Crippen LogP contribution in [-0.2, 0) is 15.7 Å². The number of hydrogen-bond acceptors (Lipinski definition) is 10. The highest BCUT2D eigenvalue weighted by Gasteiger charge is 2.43. The Balaban J connectivity index is 1.28. The summed E-state index contributed by atoms with van der Waals surface area (Å²) >= 11 is 0. The molecule has 1 aliphatic rings. The normalized spacial score (nSPS) is 17.0. The van der Waals surface area contributed by atoms with Gasteiger partial charge in [-0.3, -0.25) is 9.78 Å². The smallest absolute Gasteiger partial charge is 0.422 e. The molecule has 1 N–H and O–H groups in total. The van der Waals surface area contributed by atoms with Gasteiger partial charge in [0, 0.05) is 31.3 Å². The van der Waals surface area contributed by atoms with Crippen molar-refractivity contribution in [2.75, 3.05) is 26.2 Å². The largest absolute Gasteiger partial charge is 0.466 e. The Morgan fingerprint density at radius 1 is 1.17 bits per heavy atom. The zero-order valence-electron chi connectivity index (χ0n) is 22.2. The van der Waals surface area contributed by atoms with Gasteiger partial charge >= 0.3 is 12.1 Å². The van der Waals surface area contributed by atoms with Gasteiger partial charge in [-0.05, 0) is 49.9 Å². The number of carbonyl (C=O) groups excluding carboxylic acids is 1. The number of benzene rings is 1. The summed E-state index contributed by atoms with van der Waals surface area (Å²) in [6.45, 7) is 4.06. The molecule has 1 aliphatic heterocycles. The third-order valence-electron chi connectivity index (χ3n) is 6.85. The number of pyridine rings is 1. The highest BCUT2D eigenvalue weighted by Crippen LogP contribution is 2.42. The van der Waals surface area contributed by atoms with E-state index in [1.54, 1.807) is 37.3 Å². The molecular weight excluding hydrogens is 543 g/mol. The average molecular weight is 572 g/mol. The second kappa shape index (κ2) is 12.2. The second-order valence-electron chi connectivity index (χ2n) is 9.79. The highest BCUT2D eigenvalue weighted by atomic mass is 19.4. The van der Waals surface area contributed by atoms with Crippen molar-refractivity contribution in [2.45, 2.75) is 38.5 Å². The molecule has 0 radical (unpaired) electrons. The molecule has 4 heterocycles. The molecule has 1 saturated heterocycles. The van der Waals surface area contributed by atoms with Crippen molar-refractivity contribution < 1.29 is 36.9 Å². The van der Waals surface area contributed by atoms with Gasteiger partial charge in [-0.15, -0.1) is 0 Å². The fourth-order valence-electron chi connectivity index (χ4n) is 4.95. The minimum absolute atomic E-state index is 0.0113. The quantitative estimate of drug-likeness (QED) is 0.269. The van der Waals surface area contributed by atoms with Gasteiger partial charge in [-0.25, -0.2) is 0 Å². The van der Waals surface area contributed by atoms with Crippen molar-refractivity contribution in [1.29, 1.82) is 0 Å². The molecule has 0 amide bonds. The van der Waals surface area contributed by atoms with Crippen LogP contribution in [0.25, 0.3) is 34.4 Å². The Kier molecular flexibility index (Phi) is 8.45. The van der Waals surface area contributed by atoms with Gasteiger partial charge < -0.3 is 23.8 Å². The summed E-state index contributed by atoms with van der Waals surface area (Å²) in [5, 5.41) is 18.2. The maximum Gasteiger partial charge on any atom is 0.422 e. The zero-order valence-corrected chi connectivity index (χ0v) is 22.2. The van der Waals surface area contributed by atoms with Crippen molar-refractivity contribution in [1.82, 2.24) is 25.2 Å². The number of ether oxygens (including phenoxy) is 1. The molecular formula is C28H28F3N5O5. The average Bonchev–Trinajstić information content (AvgIpc) is 3.62. The first-order valence-electron chi connectivity index (χ1n) is 13.2. The number of likely N-dealkylation sites (tertiary alicyclic amines) is 1. The van der Waals surface area contributed by atoms with Gasteiger partial charge in [0.25, 0.3) is 5.89 Å². The van der Waals surface area contributed by atoms with Crippen LogP contribution >= 0.6 is 0 Å². The molecule has 0 aliphatic carbocycles. The number of aliphatic hydroxyl groups is 1. The van der Waals surface area contributed by atoms with Crippen molar-refractivity contribution in [3.63, 3.8) is 0 Å². The van der Waals surface area contributed by atoms with Crippen LogP contribution in [-0.4, -0.2) is 62.5 Å². The molecule has 3 aromatic heterocycles. The van der Waals surface area contributed by atoms with Crippen LogP contribution in [0.4, 0.5) is 13.2 Å². The van der Waals surface area contributed by atoms with E-state index in [4.69, 9.17) is 13.8 Å². The molecule has 216 valence electrons. The first-order chi connectivity index (χ1) is 19.7. The van der Waals surface area contributed by atoms with Crippen LogP contribution in [0.3, 0.4) is 0 Å². The number of esters is 1. The van der Waals surface area contributed by atoms with E-state index < -0.39 is 35.2 Å². The number of alkyl halides is 3. The van der Waals surface area contributed by atoms with Crippen molar-refractivity contribution >= 4 is 5.97 Å². The number of hydrogen-bond donors (Lipinski definition) is 1. The molecule has 2 atom stereocenters. The van der Waals surface area contributed by atoms with Gasteiger partial charge in [0.05, 0.1) is 18.4 Å². The Labute approximate surface area is 233 Å². The zero-order chi connectivity index (χ0) is 29.0. The van der Waals surface area contributed by atoms with Crippen LogP contribution < -0.4 is 0 Å². The van der Waals surface area contributed by atoms with Crippen LogP contribution in [0.1, 0.15) is 43.4 Å². The molecule has 0 spiro atoms. The number of carbonyl (C=O) groups is 1. The third kappa shape index (κ3) is 6.63. The Hall–Kier alpha value is -4.10. The van der Waals surface area contributed by atoms with Gasteiger partial charge in [0.2, 0.25) is 11.6 Å². The summed E-state index contributed by atoms with van der Waals surface area (Å²) in [5.74, 6) is -1.15. The van der Waals surface area contributed by atoms with Crippen molar-refractivity contribution in [2.24, 2.45) is 5.92 Å². The fourth-order valence-corrected chi connectivity index (χ4v) is 4.95. The Morgan fingerprint density at radius 2 is 1.98 bits per heavy atom. The van der Waals surface area contributed by atoms with E-state index in [0.717, 1.165) is 19.4 Å². The number of β-amino-alcohol motifs (C(OH)–C–C–N with tert-alkyl or cyclic N) is 1. The van der Waals surface area contributed by atoms with Crippen LogP contribution in [0.15, 0.2) is 57.7 Å². The second-order valence-corrected chi connectivity index (χ2v) is 9.79. The van der Waals surface area contributed by atoms with E-state index in [1.165, 1.54) is 18.3 Å². The summed E-state index contributed by atoms with van der Waals surface area (Å²) in [6.07, 6.45) is -2.01. The summed E-state index contributed by atoms with van der Waals surface area (Å²) < 4.78 is 57.1. The minimum atomic E-state index is -4.82. The number of aliphatic hydroxyl groups excluding tert-OH is 1. The highest BCUT2D eigenvalue weighted by molar-refractivity contribution is 5.70. The molecule has 1 fully saturated rings. The molecule has 4 aromatic rings. The van der Waals surface area contributed by atoms with E-state index in [1.807, 2.05) is 0 Å². The van der Waals surface area contributed by atoms with Crippen LogP contribution in [0, 0.1) is 5.92 Å². The third-order valence-corrected chi connectivity index (χ3v) is 6.85. The maximum absolute atomic E-state index is 14.0. The Morgan fingerprint density at radius 3 is 2.68 bits per heavy atom. The topological polar surface area (TPSA) is 128 Å². The first kappa shape index (κ1) is 28.4. The van der Waals surface area contributed by atoms with Crippen molar-refractivity contribution in [3.05, 3.63) is 59.8 Å². The predicted molar refractivity (Wildman–Crippen MR) is 139 cm³/mol. The molecule has 10 nitrogen and oxygen atoms in total. The minimum Gasteiger partial charge on any atom is -0.466 e. The van der Waals surface area contributed by atoms with Gasteiger partial charge in [0.1, 0.15) is 11.3 Å². The molecule has 41 heavy (non-hydrogen) atoms. The Bertz CT molecular complexity index is 1460. The monoisotopic (exact) mass is 571 g/mol. The van der Waals surface area contributed by atoms with Crippen LogP contribution in [0.5, 0.6) is 0 Å². The maximum atomic E-state index is 14.0. The van der Waals surface area contributed by atoms with E-state index in [9.17, 15) is 23.1 Å². The van der Waals surface area contributed by atoms with E-state index in [-0.39, 0.29) is 23.4 Å². The fraction of sp³-hybridized carbons (Fsp3) is 0.393. The summed E-state index contributed by atoms with van der Waals surface area (Å²) in [5.41, 5.74) is -0.525. The predicted octanol–water partition coefficient (Wildman–Crippen LogP) is 5.17. The SMILES string of the molecule is CCOC(=O)C[C@H]1CCCN(CC(O)c2ccc(-c3noc(-c4onc(-c5ccccn5)c4C(F)(F)F)n3)cc2)C1. The lowest BCUT2D eigenvalue weighted by Crippen LogP contribution is -2.38. The number of rotatable bonds is 9. The standard InChI is InChI=1S/C28H28F3N5O5/c1-2-39-22(38)14-17-6-5-13-36(15-17)16-21(37)18-8-10-19(11-9-18)26-33-27(41-35-26)25-23(28(29,30)31)24(34-40-25)20-7-3-4-12-32-20/h3-4,7-12,17,21,37H,2,5-6,13-16H2,1H3/t17-,21?/m1/s1. The number of piperidine rings is 1. The molecule has 1 aromatic carbocycles. The number of halogens is 3. The van der Waals surface area contributed by atoms with E-state index in [0.29, 0.717) is 37.2 Å². The first-order valence-corrected chi connectivity index (χ1v) is 13.2. The lowest BCUT2D eigenvalue weighted by molar-refractivity contribution is -0.144. The van der Waals surface area contributed by atoms with Crippen LogP contribution in [0.2, 0.25) is 0 Å². The van der Waals surface area contributed by atoms with Gasteiger partial charge in [-0.2, -0.15) is 18.2 Å². The number of aromatic nitrogens is 4. The van der Waals surface area contributed by atoms with Gasteiger partial charge in [-0.1, -0.05) is 40.6 Å². The summed E-state index contributed by atoms with van der Waals surface area (Å²) in [6, 6.07) is 11.2. The lowest BCUT2D eigenvalue weighted by atomic mass is 9.94. The molecule has 1 unspecified atom stereocenters. The number of nitrogens with zero attached hydrogens (tertiary/aromatic N) is 5. The van der Waals surface area contributed by atoms with Gasteiger partial charge in [0.15, 0.2) is 0 Å². The summed E-state index contributed by atoms with van der Waals surface area (Å²) in [7, 11) is 0. The van der Waals surface area contributed by atoms with E-state index >= 15 is 0 Å². The van der Waals surface area contributed by atoms with Crippen molar-refractivity contribution in [3.8, 4) is 34.4 Å².